The number of hydrogen-bond donors (Lipinski definition) is 1. The molecule has 0 aliphatic carbocycles. The Morgan fingerprint density at radius 1 is 1.00 bits per heavy atom. The number of anilines is 1. The summed E-state index contributed by atoms with van der Waals surface area (Å²) >= 11 is 0. The molecular formula is C27H33N3O4S. The van der Waals surface area contributed by atoms with Crippen LogP contribution >= 0.6 is 0 Å². The molecule has 0 atom stereocenters. The van der Waals surface area contributed by atoms with Gasteiger partial charge in [-0.05, 0) is 54.8 Å². The maximum atomic E-state index is 13.0. The van der Waals surface area contributed by atoms with E-state index >= 15 is 0 Å². The Morgan fingerprint density at radius 3 is 2.51 bits per heavy atom. The molecule has 186 valence electrons. The highest BCUT2D eigenvalue weighted by Crippen LogP contribution is 2.28. The maximum absolute atomic E-state index is 13.0. The number of nitrogens with zero attached hydrogens (tertiary/aromatic N) is 2. The van der Waals surface area contributed by atoms with E-state index in [2.05, 4.69) is 35.3 Å². The summed E-state index contributed by atoms with van der Waals surface area (Å²) in [7, 11) is -3.38. The molecule has 0 saturated carbocycles. The topological polar surface area (TPSA) is 78.9 Å². The van der Waals surface area contributed by atoms with E-state index in [4.69, 9.17) is 4.74 Å². The first-order chi connectivity index (χ1) is 16.9. The lowest BCUT2D eigenvalue weighted by atomic mass is 10.0. The van der Waals surface area contributed by atoms with Crippen LogP contribution in [0.25, 0.3) is 10.8 Å². The number of sulfonamides is 1. The molecule has 1 aliphatic heterocycles. The highest BCUT2D eigenvalue weighted by Gasteiger charge is 2.27. The molecule has 4 rings (SSSR count). The Labute approximate surface area is 207 Å². The molecule has 0 bridgehead atoms. The molecular weight excluding hydrogens is 462 g/mol. The highest BCUT2D eigenvalue weighted by atomic mass is 32.2. The third-order valence-electron chi connectivity index (χ3n) is 6.28. The molecule has 1 fully saturated rings. The van der Waals surface area contributed by atoms with E-state index in [1.54, 1.807) is 4.31 Å². The summed E-state index contributed by atoms with van der Waals surface area (Å²) in [5.41, 5.74) is 2.81. The summed E-state index contributed by atoms with van der Waals surface area (Å²) in [6.45, 7) is 6.93. The van der Waals surface area contributed by atoms with Crippen molar-refractivity contribution in [2.24, 2.45) is 0 Å². The van der Waals surface area contributed by atoms with Crippen molar-refractivity contribution in [1.82, 2.24) is 9.62 Å². The van der Waals surface area contributed by atoms with Crippen molar-refractivity contribution in [3.05, 3.63) is 71.8 Å². The van der Waals surface area contributed by atoms with Crippen LogP contribution in [0.2, 0.25) is 0 Å². The highest BCUT2D eigenvalue weighted by molar-refractivity contribution is 7.89. The quantitative estimate of drug-likeness (QED) is 0.457. The second-order valence-electron chi connectivity index (χ2n) is 8.74. The molecule has 0 aromatic heterocycles. The van der Waals surface area contributed by atoms with Crippen LogP contribution in [0.4, 0.5) is 5.69 Å². The summed E-state index contributed by atoms with van der Waals surface area (Å²) in [6.07, 6.45) is 0.348. The van der Waals surface area contributed by atoms with Gasteiger partial charge in [0.25, 0.3) is 5.91 Å². The molecule has 1 saturated heterocycles. The van der Waals surface area contributed by atoms with Crippen LogP contribution in [0, 0.1) is 6.92 Å². The van der Waals surface area contributed by atoms with E-state index in [0.29, 0.717) is 50.5 Å². The predicted molar refractivity (Wildman–Crippen MR) is 141 cm³/mol. The SMILES string of the molecule is CCOc1ccc2ccccc2c1C(=O)NCCCS(=O)(=O)N1CCN(c2cccc(C)c2)CC1. The third-order valence-corrected chi connectivity index (χ3v) is 8.24. The zero-order valence-corrected chi connectivity index (χ0v) is 21.2. The standard InChI is InChI=1S/C27H33N3O4S/c1-3-34-25-13-12-22-9-4-5-11-24(22)26(25)27(31)28-14-7-19-35(32,33)30-17-15-29(16-18-30)23-10-6-8-21(2)20-23/h4-6,8-13,20H,3,7,14-19H2,1-2H3,(H,28,31). The fraction of sp³-hybridized carbons (Fsp3) is 0.370. The van der Waals surface area contributed by atoms with Gasteiger partial charge in [0.1, 0.15) is 5.75 Å². The van der Waals surface area contributed by atoms with Gasteiger partial charge in [-0.1, -0.05) is 42.5 Å². The fourth-order valence-corrected chi connectivity index (χ4v) is 5.97. The summed E-state index contributed by atoms with van der Waals surface area (Å²) in [5, 5.41) is 4.66. The largest absolute Gasteiger partial charge is 0.493 e. The lowest BCUT2D eigenvalue weighted by Gasteiger charge is -2.35. The molecule has 7 nitrogen and oxygen atoms in total. The van der Waals surface area contributed by atoms with Crippen molar-refractivity contribution >= 4 is 32.4 Å². The molecule has 8 heteroatoms. The lowest BCUT2D eigenvalue weighted by molar-refractivity contribution is 0.0951. The first kappa shape index (κ1) is 25.0. The minimum absolute atomic E-state index is 0.00554. The van der Waals surface area contributed by atoms with Gasteiger partial charge in [0.15, 0.2) is 0 Å². The van der Waals surface area contributed by atoms with Gasteiger partial charge in [0.2, 0.25) is 10.0 Å². The first-order valence-corrected chi connectivity index (χ1v) is 13.7. The van der Waals surface area contributed by atoms with Crippen molar-refractivity contribution in [1.29, 1.82) is 0 Å². The maximum Gasteiger partial charge on any atom is 0.255 e. The minimum atomic E-state index is -3.38. The number of rotatable bonds is 9. The summed E-state index contributed by atoms with van der Waals surface area (Å²) in [5.74, 6) is 0.281. The van der Waals surface area contributed by atoms with E-state index in [-0.39, 0.29) is 18.2 Å². The van der Waals surface area contributed by atoms with Crippen LogP contribution in [-0.4, -0.2) is 63.7 Å². The molecule has 0 unspecified atom stereocenters. The molecule has 1 heterocycles. The minimum Gasteiger partial charge on any atom is -0.493 e. The number of fused-ring (bicyclic) bond motifs is 1. The molecule has 1 amide bonds. The lowest BCUT2D eigenvalue weighted by Crippen LogP contribution is -2.49. The van der Waals surface area contributed by atoms with E-state index in [0.717, 1.165) is 16.5 Å². The number of nitrogens with one attached hydrogen (secondary N) is 1. The van der Waals surface area contributed by atoms with Crippen molar-refractivity contribution in [3.63, 3.8) is 0 Å². The Morgan fingerprint density at radius 2 is 1.77 bits per heavy atom. The number of carbonyl (C=O) groups excluding carboxylic acids is 1. The Hall–Kier alpha value is -3.10. The average molecular weight is 496 g/mol. The molecule has 3 aromatic carbocycles. The van der Waals surface area contributed by atoms with Crippen molar-refractivity contribution < 1.29 is 17.9 Å². The van der Waals surface area contributed by atoms with Crippen LogP contribution in [0.15, 0.2) is 60.7 Å². The number of piperazine rings is 1. The van der Waals surface area contributed by atoms with Crippen molar-refractivity contribution in [2.45, 2.75) is 20.3 Å². The van der Waals surface area contributed by atoms with Crippen LogP contribution in [-0.2, 0) is 10.0 Å². The molecule has 1 N–H and O–H groups in total. The van der Waals surface area contributed by atoms with Gasteiger partial charge in [-0.2, -0.15) is 4.31 Å². The van der Waals surface area contributed by atoms with Crippen molar-refractivity contribution in [2.75, 3.05) is 50.0 Å². The number of carbonyl (C=O) groups is 1. The summed E-state index contributed by atoms with van der Waals surface area (Å²) in [6, 6.07) is 19.7. The third kappa shape index (κ3) is 5.94. The second kappa shape index (κ2) is 11.1. The molecule has 1 aliphatic rings. The van der Waals surface area contributed by atoms with Crippen LogP contribution in [0.1, 0.15) is 29.3 Å². The Bertz CT molecular complexity index is 1280. The number of amides is 1. The normalized spacial score (nSPS) is 14.7. The molecule has 3 aromatic rings. The van der Waals surface area contributed by atoms with E-state index in [1.165, 1.54) is 5.56 Å². The molecule has 0 spiro atoms. The van der Waals surface area contributed by atoms with E-state index < -0.39 is 10.0 Å². The fourth-order valence-electron chi connectivity index (χ4n) is 4.48. The van der Waals surface area contributed by atoms with Gasteiger partial charge in [-0.25, -0.2) is 8.42 Å². The average Bonchev–Trinajstić information content (AvgIpc) is 2.86. The number of ether oxygens (including phenoxy) is 1. The van der Waals surface area contributed by atoms with Gasteiger partial charge in [-0.15, -0.1) is 0 Å². The van der Waals surface area contributed by atoms with Crippen molar-refractivity contribution in [3.8, 4) is 5.75 Å². The predicted octanol–water partition coefficient (Wildman–Crippen LogP) is 3.82. The van der Waals surface area contributed by atoms with Gasteiger partial charge < -0.3 is 15.0 Å². The van der Waals surface area contributed by atoms with E-state index in [9.17, 15) is 13.2 Å². The number of hydrogen-bond acceptors (Lipinski definition) is 5. The Kier molecular flexibility index (Phi) is 7.93. The molecule has 35 heavy (non-hydrogen) atoms. The van der Waals surface area contributed by atoms with Crippen LogP contribution in [0.3, 0.4) is 0 Å². The zero-order valence-electron chi connectivity index (χ0n) is 20.4. The van der Waals surface area contributed by atoms with Gasteiger partial charge >= 0.3 is 0 Å². The Balaban J connectivity index is 1.31. The summed E-state index contributed by atoms with van der Waals surface area (Å²) < 4.78 is 33.0. The number of benzene rings is 3. The summed E-state index contributed by atoms with van der Waals surface area (Å²) in [4.78, 5) is 15.2. The van der Waals surface area contributed by atoms with Crippen LogP contribution in [0.5, 0.6) is 5.75 Å². The smallest absolute Gasteiger partial charge is 0.255 e. The monoisotopic (exact) mass is 495 g/mol. The van der Waals surface area contributed by atoms with Gasteiger partial charge in [0, 0.05) is 38.4 Å². The first-order valence-electron chi connectivity index (χ1n) is 12.1. The zero-order chi connectivity index (χ0) is 24.8. The van der Waals surface area contributed by atoms with Gasteiger partial charge in [0.05, 0.1) is 17.9 Å². The van der Waals surface area contributed by atoms with E-state index in [1.807, 2.05) is 49.4 Å². The van der Waals surface area contributed by atoms with Gasteiger partial charge in [-0.3, -0.25) is 4.79 Å². The number of aryl methyl sites for hydroxylation is 1. The molecule has 0 radical (unpaired) electrons. The van der Waals surface area contributed by atoms with Crippen LogP contribution < -0.4 is 15.0 Å². The second-order valence-corrected chi connectivity index (χ2v) is 10.8.